The van der Waals surface area contributed by atoms with E-state index in [-0.39, 0.29) is 17.9 Å². The number of carbonyl (C=O) groups is 1. The molecule has 0 aromatic heterocycles. The molecule has 0 spiro atoms. The third kappa shape index (κ3) is 5.26. The number of aliphatic hydroxyl groups is 2. The van der Waals surface area contributed by atoms with Gasteiger partial charge in [0, 0.05) is 6.20 Å². The molecule has 1 aromatic carbocycles. The van der Waals surface area contributed by atoms with Gasteiger partial charge in [-0.1, -0.05) is 24.3 Å². The second kappa shape index (κ2) is 10.3. The van der Waals surface area contributed by atoms with Gasteiger partial charge < -0.3 is 30.9 Å². The topological polar surface area (TPSA) is 118 Å². The van der Waals surface area contributed by atoms with Crippen molar-refractivity contribution < 1.29 is 32.9 Å². The molecule has 0 saturated heterocycles. The van der Waals surface area contributed by atoms with Crippen molar-refractivity contribution in [2.24, 2.45) is 0 Å². The molecule has 0 aliphatic carbocycles. The molecule has 6 N–H and O–H groups in total. The minimum absolute atomic E-state index is 0.0683. The van der Waals surface area contributed by atoms with Crippen molar-refractivity contribution in [2.75, 3.05) is 13.2 Å². The number of aliphatic hydroxyl groups excluding tert-OH is 2. The lowest BCUT2D eigenvalue weighted by molar-refractivity contribution is -0.138. The van der Waals surface area contributed by atoms with Crippen molar-refractivity contribution in [3.63, 3.8) is 0 Å². The number of hydrogen-bond acceptors (Lipinski definition) is 8. The molecule has 1 aromatic rings. The van der Waals surface area contributed by atoms with Gasteiger partial charge >= 0.3 is 6.18 Å². The molecule has 0 bridgehead atoms. The molecular formula is C24H28F3N5O4. The Hall–Kier alpha value is -3.32. The molecule has 0 fully saturated rings. The summed E-state index contributed by atoms with van der Waals surface area (Å²) in [6.07, 6.45) is -0.195. The summed E-state index contributed by atoms with van der Waals surface area (Å²) in [4.78, 5) is 13.1. The van der Waals surface area contributed by atoms with E-state index >= 15 is 0 Å². The summed E-state index contributed by atoms with van der Waals surface area (Å²) in [5.74, 6) is -0.175. The van der Waals surface area contributed by atoms with E-state index in [0.717, 1.165) is 17.2 Å². The van der Waals surface area contributed by atoms with Crippen LogP contribution < -0.4 is 21.4 Å². The maximum atomic E-state index is 13.7. The standard InChI is InChI=1S/C24H28F3N5O4/c1-13-14(2)22-28-10-18(23(35)30-19-8-5-9-20(29-19)36-12-15(34)11-33)32(22)31-21(13)16-6-3-4-7-17(16)24(25,26)27/h3-10,15,20-22,28-29,31,33-34H,11-12H2,1-2H3,(H,30,35)/t15-,20?,21?,22?/m1/s1. The molecule has 1 amide bonds. The van der Waals surface area contributed by atoms with Gasteiger partial charge in [-0.25, -0.2) is 5.43 Å². The van der Waals surface area contributed by atoms with E-state index < -0.39 is 48.8 Å². The van der Waals surface area contributed by atoms with Crippen molar-refractivity contribution >= 4 is 5.91 Å². The first-order chi connectivity index (χ1) is 17.1. The number of carbonyl (C=O) groups excluding carboxylic acids is 1. The number of rotatable bonds is 7. The molecular weight excluding hydrogens is 479 g/mol. The van der Waals surface area contributed by atoms with Crippen LogP contribution in [0.25, 0.3) is 0 Å². The fourth-order valence-electron chi connectivity index (χ4n) is 4.20. The largest absolute Gasteiger partial charge is 0.416 e. The highest BCUT2D eigenvalue weighted by atomic mass is 19.4. The number of fused-ring (bicyclic) bond motifs is 1. The summed E-state index contributed by atoms with van der Waals surface area (Å²) in [6, 6.07) is 4.59. The number of amides is 1. The second-order valence-corrected chi connectivity index (χ2v) is 8.64. The quantitative estimate of drug-likeness (QED) is 0.308. The van der Waals surface area contributed by atoms with Crippen molar-refractivity contribution in [2.45, 2.75) is 44.6 Å². The number of allylic oxidation sites excluding steroid dienone is 2. The first kappa shape index (κ1) is 25.8. The SMILES string of the molecule is CC1=C(C)C2NC=C(C(=O)NC3=CC=CC(OC[C@H](O)CO)N3)N2NC1c1ccccc1C(F)(F)F. The number of hydrazine groups is 1. The lowest BCUT2D eigenvalue weighted by Gasteiger charge is -2.40. The van der Waals surface area contributed by atoms with E-state index in [2.05, 4.69) is 21.4 Å². The lowest BCUT2D eigenvalue weighted by Crippen LogP contribution is -2.54. The van der Waals surface area contributed by atoms with E-state index in [1.54, 1.807) is 31.2 Å². The highest BCUT2D eigenvalue weighted by Crippen LogP contribution is 2.40. The van der Waals surface area contributed by atoms with E-state index in [0.29, 0.717) is 5.82 Å². The first-order valence-corrected chi connectivity index (χ1v) is 11.3. The minimum atomic E-state index is -4.53. The molecule has 4 rings (SSSR count). The number of ether oxygens (including phenoxy) is 1. The maximum Gasteiger partial charge on any atom is 0.416 e. The van der Waals surface area contributed by atoms with Gasteiger partial charge in [-0.05, 0) is 48.8 Å². The summed E-state index contributed by atoms with van der Waals surface area (Å²) in [5, 5.41) is 28.7. The van der Waals surface area contributed by atoms with Crippen LogP contribution in [0, 0.1) is 0 Å². The molecule has 194 valence electrons. The third-order valence-corrected chi connectivity index (χ3v) is 6.21. The fourth-order valence-corrected chi connectivity index (χ4v) is 4.20. The summed E-state index contributed by atoms with van der Waals surface area (Å²) in [7, 11) is 0. The molecule has 12 heteroatoms. The van der Waals surface area contributed by atoms with Crippen LogP contribution in [0.3, 0.4) is 0 Å². The zero-order chi connectivity index (χ0) is 26.0. The lowest BCUT2D eigenvalue weighted by atomic mass is 9.90. The fraction of sp³-hybridized carbons (Fsp3) is 0.375. The van der Waals surface area contributed by atoms with Crippen LogP contribution in [0.15, 0.2) is 71.4 Å². The van der Waals surface area contributed by atoms with Crippen LogP contribution in [0.5, 0.6) is 0 Å². The van der Waals surface area contributed by atoms with Crippen molar-refractivity contribution in [3.8, 4) is 0 Å². The van der Waals surface area contributed by atoms with E-state index in [1.165, 1.54) is 23.3 Å². The zero-order valence-corrected chi connectivity index (χ0v) is 19.6. The number of nitrogens with zero attached hydrogens (tertiary/aromatic N) is 1. The van der Waals surface area contributed by atoms with E-state index in [4.69, 9.17) is 9.84 Å². The number of alkyl halides is 3. The Morgan fingerprint density at radius 2 is 2.00 bits per heavy atom. The van der Waals surface area contributed by atoms with Crippen LogP contribution in [0.1, 0.15) is 31.0 Å². The van der Waals surface area contributed by atoms with Crippen LogP contribution in [-0.4, -0.2) is 52.8 Å². The maximum absolute atomic E-state index is 13.7. The monoisotopic (exact) mass is 507 g/mol. The van der Waals surface area contributed by atoms with E-state index in [9.17, 15) is 23.1 Å². The summed E-state index contributed by atoms with van der Waals surface area (Å²) in [6.45, 7) is 3.04. The van der Waals surface area contributed by atoms with Crippen LogP contribution in [0.2, 0.25) is 0 Å². The molecule has 0 radical (unpaired) electrons. The molecule has 36 heavy (non-hydrogen) atoms. The Kier molecular flexibility index (Phi) is 7.41. The van der Waals surface area contributed by atoms with Crippen LogP contribution >= 0.6 is 0 Å². The van der Waals surface area contributed by atoms with E-state index in [1.807, 2.05) is 6.92 Å². The number of dihydropyridines is 1. The van der Waals surface area contributed by atoms with Gasteiger partial charge in [0.25, 0.3) is 5.91 Å². The van der Waals surface area contributed by atoms with Crippen LogP contribution in [-0.2, 0) is 15.7 Å². The zero-order valence-electron chi connectivity index (χ0n) is 19.6. The van der Waals surface area contributed by atoms with Gasteiger partial charge in [0.05, 0.1) is 24.8 Å². The average Bonchev–Trinajstić information content (AvgIpc) is 3.28. The minimum Gasteiger partial charge on any atom is -0.394 e. The van der Waals surface area contributed by atoms with Gasteiger partial charge in [-0.2, -0.15) is 13.2 Å². The second-order valence-electron chi connectivity index (χ2n) is 8.64. The average molecular weight is 508 g/mol. The molecule has 0 saturated carbocycles. The highest BCUT2D eigenvalue weighted by Gasteiger charge is 2.41. The van der Waals surface area contributed by atoms with Crippen molar-refractivity contribution in [3.05, 3.63) is 82.5 Å². The molecule has 4 atom stereocenters. The molecule has 3 aliphatic heterocycles. The number of benzene rings is 1. The predicted octanol–water partition coefficient (Wildman–Crippen LogP) is 1.49. The Morgan fingerprint density at radius 3 is 2.72 bits per heavy atom. The summed E-state index contributed by atoms with van der Waals surface area (Å²) in [5.41, 5.74) is 4.13. The Morgan fingerprint density at radius 1 is 1.25 bits per heavy atom. The first-order valence-electron chi connectivity index (χ1n) is 11.3. The smallest absolute Gasteiger partial charge is 0.394 e. The van der Waals surface area contributed by atoms with Gasteiger partial charge in [0.2, 0.25) is 0 Å². The number of hydrogen-bond donors (Lipinski definition) is 6. The number of halogens is 3. The van der Waals surface area contributed by atoms with Gasteiger partial charge in [-0.3, -0.25) is 9.80 Å². The Balaban J connectivity index is 1.49. The summed E-state index contributed by atoms with van der Waals surface area (Å²) >= 11 is 0. The highest BCUT2D eigenvalue weighted by molar-refractivity contribution is 5.94. The molecule has 3 aliphatic rings. The van der Waals surface area contributed by atoms with Gasteiger partial charge in [-0.15, -0.1) is 0 Å². The Bertz CT molecular complexity index is 1130. The molecule has 3 heterocycles. The third-order valence-electron chi connectivity index (χ3n) is 6.21. The van der Waals surface area contributed by atoms with Gasteiger partial charge in [0.1, 0.15) is 30.0 Å². The van der Waals surface area contributed by atoms with Crippen molar-refractivity contribution in [1.82, 2.24) is 26.4 Å². The normalized spacial score (nSPS) is 24.4. The van der Waals surface area contributed by atoms with Gasteiger partial charge in [0.15, 0.2) is 0 Å². The summed E-state index contributed by atoms with van der Waals surface area (Å²) < 4.78 is 46.6. The Labute approximate surface area is 206 Å². The van der Waals surface area contributed by atoms with Crippen LogP contribution in [0.4, 0.5) is 13.2 Å². The number of nitrogens with one attached hydrogen (secondary N) is 4. The molecule has 3 unspecified atom stereocenters. The van der Waals surface area contributed by atoms with Crippen molar-refractivity contribution in [1.29, 1.82) is 0 Å². The predicted molar refractivity (Wildman–Crippen MR) is 124 cm³/mol. The molecule has 9 nitrogen and oxygen atoms in total.